The Labute approximate surface area is 240 Å². The first-order chi connectivity index (χ1) is 19.3. The Kier molecular flexibility index (Phi) is 10.5. The molecule has 0 saturated carbocycles. The molecular formula is C30H40N6O5. The highest BCUT2D eigenvalue weighted by Crippen LogP contribution is 2.30. The third kappa shape index (κ3) is 8.52. The van der Waals surface area contributed by atoms with Crippen LogP contribution in [-0.4, -0.2) is 46.5 Å². The highest BCUT2D eigenvalue weighted by molar-refractivity contribution is 5.97. The van der Waals surface area contributed by atoms with E-state index in [4.69, 9.17) is 10.3 Å². The van der Waals surface area contributed by atoms with Crippen molar-refractivity contribution >= 4 is 23.3 Å². The lowest BCUT2D eigenvalue weighted by Gasteiger charge is -2.27. The van der Waals surface area contributed by atoms with E-state index in [2.05, 4.69) is 20.7 Å². The number of amides is 2. The highest BCUT2D eigenvalue weighted by atomic mass is 16.6. The van der Waals surface area contributed by atoms with Gasteiger partial charge in [-0.1, -0.05) is 63.1 Å². The van der Waals surface area contributed by atoms with Gasteiger partial charge in [-0.3, -0.25) is 19.2 Å². The standard InChI is InChI=1S/C30H40N6O5/c1-18(2)12-22(26(37)30(6)17-41-30)32-28(39)25(13-19(3)4)36-16-20(5)14-24(29(36)40)33-27(38)23(34-35-31)15-21-10-8-7-9-11-21/h7-11,14,16,18-19,22-23,25H,12-13,15,17H2,1-6H3,(H,32,39)(H,33,38)/t22-,23-,25+,30+/m0/s1. The molecule has 1 aromatic carbocycles. The Balaban J connectivity index is 1.91. The summed E-state index contributed by atoms with van der Waals surface area (Å²) in [7, 11) is 0. The average Bonchev–Trinajstić information content (AvgIpc) is 3.66. The second kappa shape index (κ2) is 13.6. The van der Waals surface area contributed by atoms with E-state index < -0.39 is 41.1 Å². The van der Waals surface area contributed by atoms with Gasteiger partial charge in [0.05, 0.1) is 12.6 Å². The fourth-order valence-electron chi connectivity index (χ4n) is 4.75. The molecule has 4 atom stereocenters. The molecule has 0 bridgehead atoms. The maximum absolute atomic E-state index is 13.7. The summed E-state index contributed by atoms with van der Waals surface area (Å²) in [6, 6.07) is 7.86. The summed E-state index contributed by atoms with van der Waals surface area (Å²) in [4.78, 5) is 56.5. The van der Waals surface area contributed by atoms with Gasteiger partial charge in [-0.2, -0.15) is 0 Å². The quantitative estimate of drug-likeness (QED) is 0.149. The Morgan fingerprint density at radius 1 is 1.10 bits per heavy atom. The van der Waals surface area contributed by atoms with E-state index in [-0.39, 0.29) is 29.7 Å². The topological polar surface area (TPSA) is 159 Å². The van der Waals surface area contributed by atoms with Crippen LogP contribution >= 0.6 is 0 Å². The number of rotatable bonds is 14. The van der Waals surface area contributed by atoms with Crippen molar-refractivity contribution in [3.63, 3.8) is 0 Å². The van der Waals surface area contributed by atoms with E-state index in [9.17, 15) is 19.2 Å². The molecule has 1 saturated heterocycles. The number of hydrogen-bond donors (Lipinski definition) is 2. The second-order valence-electron chi connectivity index (χ2n) is 11.8. The lowest BCUT2D eigenvalue weighted by Crippen LogP contribution is -2.50. The molecule has 1 aliphatic rings. The van der Waals surface area contributed by atoms with E-state index >= 15 is 0 Å². The van der Waals surface area contributed by atoms with Gasteiger partial charge >= 0.3 is 0 Å². The number of pyridine rings is 1. The summed E-state index contributed by atoms with van der Waals surface area (Å²) in [6.45, 7) is 11.6. The van der Waals surface area contributed by atoms with Crippen molar-refractivity contribution in [3.05, 3.63) is 74.5 Å². The summed E-state index contributed by atoms with van der Waals surface area (Å²) in [5.41, 5.74) is 8.97. The maximum Gasteiger partial charge on any atom is 0.275 e. The zero-order valence-electron chi connectivity index (χ0n) is 24.6. The molecule has 2 amide bonds. The second-order valence-corrected chi connectivity index (χ2v) is 11.8. The van der Waals surface area contributed by atoms with Crippen LogP contribution in [0.4, 0.5) is 5.69 Å². The van der Waals surface area contributed by atoms with Gasteiger partial charge in [-0.05, 0) is 67.7 Å². The van der Waals surface area contributed by atoms with E-state index in [0.717, 1.165) is 5.56 Å². The number of carbonyl (C=O) groups excluding carboxylic acids is 3. The number of Topliss-reactive ketones (excluding diaryl/α,β-unsaturated/α-hetero) is 1. The van der Waals surface area contributed by atoms with Gasteiger partial charge in [-0.25, -0.2) is 0 Å². The van der Waals surface area contributed by atoms with E-state index in [0.29, 0.717) is 25.0 Å². The average molecular weight is 565 g/mol. The van der Waals surface area contributed by atoms with Crippen LogP contribution in [0.5, 0.6) is 0 Å². The van der Waals surface area contributed by atoms with Crippen LogP contribution in [0.15, 0.2) is 52.5 Å². The van der Waals surface area contributed by atoms with Gasteiger partial charge in [0.1, 0.15) is 23.4 Å². The summed E-state index contributed by atoms with van der Waals surface area (Å²) in [6.07, 6.45) is 2.49. The van der Waals surface area contributed by atoms with Crippen LogP contribution in [0, 0.1) is 18.8 Å². The van der Waals surface area contributed by atoms with Crippen molar-refractivity contribution in [1.29, 1.82) is 0 Å². The zero-order chi connectivity index (χ0) is 30.3. The molecule has 41 heavy (non-hydrogen) atoms. The number of nitrogens with zero attached hydrogens (tertiary/aromatic N) is 4. The molecule has 11 heteroatoms. The molecule has 1 aliphatic heterocycles. The normalized spacial score (nSPS) is 18.2. The Bertz CT molecular complexity index is 1360. The van der Waals surface area contributed by atoms with Crippen LogP contribution in [0.3, 0.4) is 0 Å². The zero-order valence-corrected chi connectivity index (χ0v) is 24.6. The number of benzene rings is 1. The van der Waals surface area contributed by atoms with Gasteiger partial charge in [0.25, 0.3) is 5.56 Å². The van der Waals surface area contributed by atoms with Crippen molar-refractivity contribution in [2.24, 2.45) is 17.0 Å². The largest absolute Gasteiger partial charge is 0.361 e. The molecule has 0 unspecified atom stereocenters. The molecule has 1 aromatic heterocycles. The van der Waals surface area contributed by atoms with Crippen LogP contribution in [0.1, 0.15) is 64.6 Å². The Hall–Kier alpha value is -3.95. The molecular weight excluding hydrogens is 524 g/mol. The summed E-state index contributed by atoms with van der Waals surface area (Å²) >= 11 is 0. The minimum Gasteiger partial charge on any atom is -0.361 e. The van der Waals surface area contributed by atoms with Crippen molar-refractivity contribution in [1.82, 2.24) is 9.88 Å². The molecule has 2 N–H and O–H groups in total. The summed E-state index contributed by atoms with van der Waals surface area (Å²) in [5, 5.41) is 9.16. The number of azide groups is 1. The third-order valence-corrected chi connectivity index (χ3v) is 6.97. The van der Waals surface area contributed by atoms with Gasteiger partial charge in [0, 0.05) is 11.1 Å². The molecule has 0 radical (unpaired) electrons. The Morgan fingerprint density at radius 3 is 2.29 bits per heavy atom. The Morgan fingerprint density at radius 2 is 1.73 bits per heavy atom. The fourth-order valence-corrected chi connectivity index (χ4v) is 4.75. The first-order valence-corrected chi connectivity index (χ1v) is 13.9. The van der Waals surface area contributed by atoms with Gasteiger partial charge < -0.3 is 19.9 Å². The number of epoxide rings is 1. The van der Waals surface area contributed by atoms with Crippen molar-refractivity contribution in [2.75, 3.05) is 11.9 Å². The number of nitrogens with one attached hydrogen (secondary N) is 2. The molecule has 2 heterocycles. The van der Waals surface area contributed by atoms with Gasteiger partial charge in [-0.15, -0.1) is 0 Å². The molecule has 1 fully saturated rings. The first kappa shape index (κ1) is 31.6. The van der Waals surface area contributed by atoms with Gasteiger partial charge in [0.2, 0.25) is 11.8 Å². The fraction of sp³-hybridized carbons (Fsp3) is 0.533. The summed E-state index contributed by atoms with van der Waals surface area (Å²) in [5.74, 6) is -1.09. The minimum absolute atomic E-state index is 0.0311. The third-order valence-electron chi connectivity index (χ3n) is 6.97. The first-order valence-electron chi connectivity index (χ1n) is 13.9. The van der Waals surface area contributed by atoms with E-state index in [1.807, 2.05) is 58.0 Å². The smallest absolute Gasteiger partial charge is 0.275 e. The maximum atomic E-state index is 13.7. The SMILES string of the molecule is Cc1cc(NC(=O)[C@H](Cc2ccccc2)N=[N+]=[N-])c(=O)n([C@H](CC(C)C)C(=O)N[C@@H](CC(C)C)C(=O)[C@@]2(C)CO2)c1. The molecule has 2 aromatic rings. The van der Waals surface area contributed by atoms with Crippen molar-refractivity contribution in [3.8, 4) is 0 Å². The highest BCUT2D eigenvalue weighted by Gasteiger charge is 2.50. The lowest BCUT2D eigenvalue weighted by atomic mass is 9.92. The number of anilines is 1. The number of aryl methyl sites for hydroxylation is 1. The number of ether oxygens (including phenoxy) is 1. The van der Waals surface area contributed by atoms with Crippen molar-refractivity contribution in [2.45, 2.75) is 84.5 Å². The molecule has 0 spiro atoms. The predicted molar refractivity (Wildman–Crippen MR) is 156 cm³/mol. The lowest BCUT2D eigenvalue weighted by molar-refractivity contribution is -0.132. The van der Waals surface area contributed by atoms with Crippen LogP contribution in [0.25, 0.3) is 10.4 Å². The van der Waals surface area contributed by atoms with Crippen LogP contribution < -0.4 is 16.2 Å². The molecule has 0 aliphatic carbocycles. The number of aromatic nitrogens is 1. The number of ketones is 1. The predicted octanol–water partition coefficient (Wildman–Crippen LogP) is 4.49. The van der Waals surface area contributed by atoms with E-state index in [1.54, 1.807) is 20.0 Å². The number of hydrogen-bond acceptors (Lipinski definition) is 6. The van der Waals surface area contributed by atoms with Gasteiger partial charge in [0.15, 0.2) is 5.78 Å². The molecule has 220 valence electrons. The van der Waals surface area contributed by atoms with Crippen LogP contribution in [-0.2, 0) is 25.5 Å². The summed E-state index contributed by atoms with van der Waals surface area (Å²) < 4.78 is 6.66. The van der Waals surface area contributed by atoms with Crippen molar-refractivity contribution < 1.29 is 19.1 Å². The monoisotopic (exact) mass is 564 g/mol. The van der Waals surface area contributed by atoms with E-state index in [1.165, 1.54) is 10.6 Å². The number of carbonyl (C=O) groups is 3. The molecule has 3 rings (SSSR count). The van der Waals surface area contributed by atoms with Crippen LogP contribution in [0.2, 0.25) is 0 Å². The molecule has 11 nitrogen and oxygen atoms in total. The minimum atomic E-state index is -1.08.